The zero-order valence-electron chi connectivity index (χ0n) is 19.9. The molecule has 5 nitrogen and oxygen atoms in total. The van der Waals surface area contributed by atoms with E-state index in [0.29, 0.717) is 11.4 Å². The molecule has 6 heteroatoms. The van der Waals surface area contributed by atoms with Crippen LogP contribution >= 0.6 is 0 Å². The molecule has 36 heavy (non-hydrogen) atoms. The molecule has 0 amide bonds. The molecule has 2 atom stereocenters. The quantitative estimate of drug-likeness (QED) is 0.144. The highest BCUT2D eigenvalue weighted by molar-refractivity contribution is 7.90. The lowest BCUT2D eigenvalue weighted by atomic mass is 10.0. The molecule has 4 aromatic rings. The predicted molar refractivity (Wildman–Crippen MR) is 142 cm³/mol. The summed E-state index contributed by atoms with van der Waals surface area (Å²) >= 11 is 0. The van der Waals surface area contributed by atoms with Crippen LogP contribution in [0.25, 0.3) is 0 Å². The molecule has 4 aromatic carbocycles. The summed E-state index contributed by atoms with van der Waals surface area (Å²) in [6, 6.07) is 34.2. The van der Waals surface area contributed by atoms with E-state index in [1.165, 1.54) is 0 Å². The summed E-state index contributed by atoms with van der Waals surface area (Å²) in [7, 11) is -3.99. The van der Waals surface area contributed by atoms with Gasteiger partial charge in [-0.25, -0.2) is 0 Å². The number of Topliss-reactive ketones (excluding diaryl/α,β-unsaturated/α-hetero) is 1. The normalized spacial score (nSPS) is 17.6. The summed E-state index contributed by atoms with van der Waals surface area (Å²) in [6.45, 7) is 1.90. The molecule has 1 saturated heterocycles. The number of nitrogens with zero attached hydrogens (tertiary/aromatic N) is 2. The van der Waals surface area contributed by atoms with Gasteiger partial charge in [-0.05, 0) is 30.2 Å². The van der Waals surface area contributed by atoms with Crippen molar-refractivity contribution in [2.24, 2.45) is 4.40 Å². The second kappa shape index (κ2) is 9.91. The molecule has 0 unspecified atom stereocenters. The second-order valence-electron chi connectivity index (χ2n) is 8.90. The number of hydrogen-bond acceptors (Lipinski definition) is 3. The van der Waals surface area contributed by atoms with Gasteiger partial charge in [-0.15, -0.1) is 4.40 Å². The van der Waals surface area contributed by atoms with Crippen molar-refractivity contribution in [3.05, 3.63) is 138 Å². The molecule has 0 aromatic heterocycles. The van der Waals surface area contributed by atoms with E-state index in [9.17, 15) is 13.2 Å². The highest BCUT2D eigenvalue weighted by Gasteiger charge is 2.55. The van der Waals surface area contributed by atoms with E-state index in [2.05, 4.69) is 4.40 Å². The lowest BCUT2D eigenvalue weighted by Crippen LogP contribution is -2.22. The van der Waals surface area contributed by atoms with E-state index in [1.54, 1.807) is 36.4 Å². The minimum atomic E-state index is -3.99. The van der Waals surface area contributed by atoms with Crippen LogP contribution in [-0.2, 0) is 16.4 Å². The predicted octanol–water partition coefficient (Wildman–Crippen LogP) is 5.63. The zero-order valence-corrected chi connectivity index (χ0v) is 20.7. The number of rotatable bonds is 7. The standard InChI is InChI=1S/C30H26N2O3S/c1-22-17-19-26(20-18-22)36(34,35)31-27(21-23-11-5-2-6-12-23)32-28(24-13-7-3-8-14-24)29(32)30(33)25-15-9-4-10-16-25/h2-20,28-29H,21H2,1H3/b31-27+/t28-,29+,32?/m1/s1. The van der Waals surface area contributed by atoms with E-state index < -0.39 is 16.1 Å². The summed E-state index contributed by atoms with van der Waals surface area (Å²) in [5, 5.41) is 0. The third-order valence-electron chi connectivity index (χ3n) is 6.32. The Balaban J connectivity index is 1.59. The summed E-state index contributed by atoms with van der Waals surface area (Å²) in [6.07, 6.45) is 0.286. The van der Waals surface area contributed by atoms with E-state index in [0.717, 1.165) is 16.7 Å². The van der Waals surface area contributed by atoms with Crippen LogP contribution in [0.4, 0.5) is 0 Å². The van der Waals surface area contributed by atoms with Crippen molar-refractivity contribution < 1.29 is 13.2 Å². The van der Waals surface area contributed by atoms with E-state index in [4.69, 9.17) is 0 Å². The van der Waals surface area contributed by atoms with Crippen LogP contribution in [0.3, 0.4) is 0 Å². The molecular formula is C30H26N2O3S. The summed E-state index contributed by atoms with van der Waals surface area (Å²) in [5.74, 6) is 0.294. The van der Waals surface area contributed by atoms with Crippen molar-refractivity contribution in [3.8, 4) is 0 Å². The molecule has 1 aliphatic rings. The average Bonchev–Trinajstić information content (AvgIpc) is 3.65. The number of benzene rings is 4. The summed E-state index contributed by atoms with van der Waals surface area (Å²) < 4.78 is 31.1. The molecule has 1 heterocycles. The van der Waals surface area contributed by atoms with Gasteiger partial charge in [-0.1, -0.05) is 109 Å². The lowest BCUT2D eigenvalue weighted by Gasteiger charge is -2.12. The first-order chi connectivity index (χ1) is 17.4. The highest BCUT2D eigenvalue weighted by atomic mass is 32.2. The Morgan fingerprint density at radius 3 is 1.94 bits per heavy atom. The van der Waals surface area contributed by atoms with Crippen molar-refractivity contribution >= 4 is 21.6 Å². The van der Waals surface area contributed by atoms with Gasteiger partial charge in [0.25, 0.3) is 10.0 Å². The van der Waals surface area contributed by atoms with Crippen molar-refractivity contribution in [2.75, 3.05) is 0 Å². The first kappa shape index (κ1) is 23.7. The fourth-order valence-corrected chi connectivity index (χ4v) is 5.46. The van der Waals surface area contributed by atoms with Gasteiger partial charge in [0.05, 0.1) is 10.9 Å². The monoisotopic (exact) mass is 494 g/mol. The summed E-state index contributed by atoms with van der Waals surface area (Å²) in [5.41, 5.74) is 3.41. The Kier molecular flexibility index (Phi) is 6.53. The number of aryl methyl sites for hydroxylation is 1. The number of carbonyl (C=O) groups is 1. The molecule has 0 radical (unpaired) electrons. The Hall–Kier alpha value is -4.03. The van der Waals surface area contributed by atoms with Gasteiger partial charge in [-0.3, -0.25) is 4.79 Å². The van der Waals surface area contributed by atoms with Crippen molar-refractivity contribution in [1.82, 2.24) is 4.90 Å². The molecule has 0 aliphatic carbocycles. The first-order valence-corrected chi connectivity index (χ1v) is 13.2. The summed E-state index contributed by atoms with van der Waals surface area (Å²) in [4.78, 5) is 15.6. The smallest absolute Gasteiger partial charge is 0.283 e. The fourth-order valence-electron chi connectivity index (χ4n) is 4.44. The number of sulfonamides is 1. The zero-order chi connectivity index (χ0) is 25.1. The highest BCUT2D eigenvalue weighted by Crippen LogP contribution is 2.46. The van der Waals surface area contributed by atoms with Crippen LogP contribution in [0, 0.1) is 6.92 Å². The van der Waals surface area contributed by atoms with Gasteiger partial charge >= 0.3 is 0 Å². The van der Waals surface area contributed by atoms with Gasteiger partial charge in [0, 0.05) is 12.0 Å². The van der Waals surface area contributed by atoms with Crippen LogP contribution in [0.15, 0.2) is 125 Å². The third kappa shape index (κ3) is 4.99. The van der Waals surface area contributed by atoms with Crippen LogP contribution in [-0.4, -0.2) is 31.0 Å². The molecule has 180 valence electrons. The number of amidine groups is 1. The largest absolute Gasteiger partial charge is 0.337 e. The molecule has 0 bridgehead atoms. The molecule has 5 rings (SSSR count). The van der Waals surface area contributed by atoms with Crippen molar-refractivity contribution in [3.63, 3.8) is 0 Å². The molecule has 1 fully saturated rings. The maximum absolute atomic E-state index is 13.6. The topological polar surface area (TPSA) is 66.6 Å². The van der Waals surface area contributed by atoms with Crippen LogP contribution in [0.1, 0.15) is 33.1 Å². The Labute approximate surface area is 211 Å². The number of hydrogen-bond donors (Lipinski definition) is 0. The Morgan fingerprint density at radius 1 is 0.778 bits per heavy atom. The minimum Gasteiger partial charge on any atom is -0.337 e. The lowest BCUT2D eigenvalue weighted by molar-refractivity contribution is 0.0980. The van der Waals surface area contributed by atoms with Crippen LogP contribution in [0.2, 0.25) is 0 Å². The fraction of sp³-hybridized carbons (Fsp3) is 0.133. The van der Waals surface area contributed by atoms with E-state index in [-0.39, 0.29) is 23.1 Å². The van der Waals surface area contributed by atoms with Gasteiger partial charge in [0.2, 0.25) is 0 Å². The van der Waals surface area contributed by atoms with Gasteiger partial charge in [-0.2, -0.15) is 8.42 Å². The molecule has 0 saturated carbocycles. The average molecular weight is 495 g/mol. The van der Waals surface area contributed by atoms with Gasteiger partial charge in [0.15, 0.2) is 5.78 Å². The van der Waals surface area contributed by atoms with Crippen LogP contribution in [0.5, 0.6) is 0 Å². The third-order valence-corrected chi connectivity index (χ3v) is 7.64. The van der Waals surface area contributed by atoms with E-state index in [1.807, 2.05) is 90.7 Å². The van der Waals surface area contributed by atoms with E-state index >= 15 is 0 Å². The maximum atomic E-state index is 13.6. The van der Waals surface area contributed by atoms with Crippen LogP contribution < -0.4 is 0 Å². The van der Waals surface area contributed by atoms with Crippen molar-refractivity contribution in [2.45, 2.75) is 30.3 Å². The Morgan fingerprint density at radius 2 is 1.33 bits per heavy atom. The second-order valence-corrected chi connectivity index (χ2v) is 10.5. The minimum absolute atomic E-state index is 0.0575. The maximum Gasteiger partial charge on any atom is 0.283 e. The first-order valence-electron chi connectivity index (χ1n) is 11.8. The SMILES string of the molecule is Cc1ccc(S(=O)(=O)/N=C(\Cc2ccccc2)N2[C@H](C(=O)c3ccccc3)[C@H]2c2ccccc2)cc1. The molecule has 0 spiro atoms. The van der Waals surface area contributed by atoms with Crippen molar-refractivity contribution in [1.29, 1.82) is 0 Å². The van der Waals surface area contributed by atoms with Gasteiger partial charge < -0.3 is 4.90 Å². The molecular weight excluding hydrogens is 468 g/mol. The number of carbonyl (C=O) groups excluding carboxylic acids is 1. The number of ketones is 1. The Bertz CT molecular complexity index is 1480. The molecule has 1 aliphatic heterocycles. The van der Waals surface area contributed by atoms with Gasteiger partial charge in [0.1, 0.15) is 11.9 Å². The molecule has 0 N–H and O–H groups in total.